The van der Waals surface area contributed by atoms with E-state index >= 15 is 0 Å². The van der Waals surface area contributed by atoms with E-state index in [1.165, 1.54) is 17.8 Å². The molecule has 1 aromatic heterocycles. The summed E-state index contributed by atoms with van der Waals surface area (Å²) in [5.41, 5.74) is 0.0955. The van der Waals surface area contributed by atoms with Crippen molar-refractivity contribution in [3.8, 4) is 5.75 Å². The monoisotopic (exact) mass is 336 g/mol. The maximum atomic E-state index is 12.2. The largest absolute Gasteiger partial charge is 0.573 e. The Morgan fingerprint density at radius 1 is 1.32 bits per heavy atom. The number of nitrogens with one attached hydrogen (secondary N) is 1. The van der Waals surface area contributed by atoms with Gasteiger partial charge in [-0.05, 0) is 30.7 Å². The lowest BCUT2D eigenvalue weighted by Gasteiger charge is -2.12. The van der Waals surface area contributed by atoms with Crippen molar-refractivity contribution in [3.63, 3.8) is 0 Å². The topological polar surface area (TPSA) is 86.1 Å². The molecule has 0 fully saturated rings. The van der Waals surface area contributed by atoms with Crippen molar-refractivity contribution in [2.24, 2.45) is 7.05 Å². The van der Waals surface area contributed by atoms with E-state index in [0.717, 1.165) is 18.2 Å². The lowest BCUT2D eigenvalue weighted by Crippen LogP contribution is -2.18. The standard InChI is InChI=1S/C11H11F3N4O3S/c1-7-5-8(21-11(12,13)14)3-4-9(7)22(19,20)16-10-6-18(2)17-15-10/h3-6,16H,1-2H3. The number of rotatable bonds is 4. The van der Waals surface area contributed by atoms with Crippen LogP contribution in [0.4, 0.5) is 19.0 Å². The van der Waals surface area contributed by atoms with Gasteiger partial charge in [0.15, 0.2) is 5.82 Å². The van der Waals surface area contributed by atoms with Crippen molar-refractivity contribution in [2.75, 3.05) is 4.72 Å². The first kappa shape index (κ1) is 16.1. The van der Waals surface area contributed by atoms with Crippen LogP contribution in [0.15, 0.2) is 29.3 Å². The van der Waals surface area contributed by atoms with Gasteiger partial charge in [-0.1, -0.05) is 5.21 Å². The smallest absolute Gasteiger partial charge is 0.406 e. The summed E-state index contributed by atoms with van der Waals surface area (Å²) in [7, 11) is -2.44. The Labute approximate surface area is 123 Å². The number of sulfonamides is 1. The van der Waals surface area contributed by atoms with Crippen LogP contribution in [0.2, 0.25) is 0 Å². The average Bonchev–Trinajstić information content (AvgIpc) is 2.71. The maximum absolute atomic E-state index is 12.2. The second-order valence-electron chi connectivity index (χ2n) is 4.36. The molecule has 0 saturated carbocycles. The van der Waals surface area contributed by atoms with Crippen LogP contribution in [-0.4, -0.2) is 29.8 Å². The molecular formula is C11H11F3N4O3S. The molecule has 11 heteroatoms. The number of hydrogen-bond acceptors (Lipinski definition) is 5. The molecule has 0 unspecified atom stereocenters. The van der Waals surface area contributed by atoms with Crippen LogP contribution >= 0.6 is 0 Å². The second kappa shape index (κ2) is 5.48. The number of benzene rings is 1. The van der Waals surface area contributed by atoms with Crippen molar-refractivity contribution in [2.45, 2.75) is 18.2 Å². The molecule has 22 heavy (non-hydrogen) atoms. The molecule has 0 amide bonds. The second-order valence-corrected chi connectivity index (χ2v) is 6.01. The van der Waals surface area contributed by atoms with E-state index in [-0.39, 0.29) is 16.3 Å². The zero-order valence-electron chi connectivity index (χ0n) is 11.4. The van der Waals surface area contributed by atoms with Gasteiger partial charge in [0.25, 0.3) is 10.0 Å². The first-order valence-corrected chi connectivity index (χ1v) is 7.31. The summed E-state index contributed by atoms with van der Waals surface area (Å²) in [4.78, 5) is -0.187. The molecule has 1 heterocycles. The average molecular weight is 336 g/mol. The minimum Gasteiger partial charge on any atom is -0.406 e. The maximum Gasteiger partial charge on any atom is 0.573 e. The third kappa shape index (κ3) is 3.87. The van der Waals surface area contributed by atoms with Crippen LogP contribution < -0.4 is 9.46 Å². The molecule has 0 aliphatic rings. The summed E-state index contributed by atoms with van der Waals surface area (Å²) in [5, 5.41) is 7.14. The highest BCUT2D eigenvalue weighted by molar-refractivity contribution is 7.92. The molecule has 2 rings (SSSR count). The predicted molar refractivity (Wildman–Crippen MR) is 69.7 cm³/mol. The molecule has 0 radical (unpaired) electrons. The van der Waals surface area contributed by atoms with Crippen LogP contribution in [0.25, 0.3) is 0 Å². The number of anilines is 1. The van der Waals surface area contributed by atoms with Crippen molar-refractivity contribution in [1.29, 1.82) is 0 Å². The van der Waals surface area contributed by atoms with Crippen molar-refractivity contribution in [3.05, 3.63) is 30.0 Å². The zero-order valence-corrected chi connectivity index (χ0v) is 12.2. The van der Waals surface area contributed by atoms with Gasteiger partial charge in [0.2, 0.25) is 0 Å². The minimum atomic E-state index is -4.84. The van der Waals surface area contributed by atoms with Gasteiger partial charge in [-0.25, -0.2) is 8.42 Å². The van der Waals surface area contributed by atoms with E-state index in [4.69, 9.17) is 0 Å². The number of aryl methyl sites for hydroxylation is 2. The molecule has 0 aliphatic heterocycles. The first-order chi connectivity index (χ1) is 10.1. The van der Waals surface area contributed by atoms with Crippen LogP contribution in [-0.2, 0) is 17.1 Å². The van der Waals surface area contributed by atoms with Crippen LogP contribution in [0.5, 0.6) is 5.75 Å². The molecular weight excluding hydrogens is 325 g/mol. The molecule has 1 N–H and O–H groups in total. The van der Waals surface area contributed by atoms with Gasteiger partial charge in [0.05, 0.1) is 11.1 Å². The quantitative estimate of drug-likeness (QED) is 0.920. The molecule has 120 valence electrons. The highest BCUT2D eigenvalue weighted by Crippen LogP contribution is 2.27. The fourth-order valence-electron chi connectivity index (χ4n) is 1.71. The summed E-state index contributed by atoms with van der Waals surface area (Å²) >= 11 is 0. The molecule has 0 atom stereocenters. The van der Waals surface area contributed by atoms with Gasteiger partial charge >= 0.3 is 6.36 Å². The van der Waals surface area contributed by atoms with Crippen LogP contribution in [0, 0.1) is 6.92 Å². The van der Waals surface area contributed by atoms with E-state index < -0.39 is 22.1 Å². The summed E-state index contributed by atoms with van der Waals surface area (Å²) in [6.07, 6.45) is -3.50. The summed E-state index contributed by atoms with van der Waals surface area (Å²) in [6.45, 7) is 1.36. The fourth-order valence-corrected chi connectivity index (χ4v) is 2.92. The van der Waals surface area contributed by atoms with Gasteiger partial charge in [0, 0.05) is 7.05 Å². The van der Waals surface area contributed by atoms with Gasteiger partial charge in [-0.3, -0.25) is 9.40 Å². The van der Waals surface area contributed by atoms with Gasteiger partial charge in [0.1, 0.15) is 5.75 Å². The van der Waals surface area contributed by atoms with Crippen molar-refractivity contribution < 1.29 is 26.3 Å². The van der Waals surface area contributed by atoms with E-state index in [9.17, 15) is 21.6 Å². The van der Waals surface area contributed by atoms with E-state index in [1.807, 2.05) is 0 Å². The number of halogens is 3. The predicted octanol–water partition coefficient (Wildman–Crippen LogP) is 1.82. The number of nitrogens with zero attached hydrogens (tertiary/aromatic N) is 3. The number of hydrogen-bond donors (Lipinski definition) is 1. The zero-order chi connectivity index (χ0) is 16.5. The molecule has 0 aliphatic carbocycles. The highest BCUT2D eigenvalue weighted by Gasteiger charge is 2.31. The summed E-state index contributed by atoms with van der Waals surface area (Å²) in [6, 6.07) is 2.93. The van der Waals surface area contributed by atoms with Gasteiger partial charge in [-0.15, -0.1) is 18.3 Å². The van der Waals surface area contributed by atoms with Gasteiger partial charge < -0.3 is 4.74 Å². The molecule has 0 spiro atoms. The Bertz CT molecular complexity index is 786. The third-order valence-corrected chi connectivity index (χ3v) is 4.03. The molecule has 7 nitrogen and oxygen atoms in total. The Morgan fingerprint density at radius 3 is 2.50 bits per heavy atom. The Hall–Kier alpha value is -2.30. The van der Waals surface area contributed by atoms with Crippen LogP contribution in [0.3, 0.4) is 0 Å². The number of alkyl halides is 3. The fraction of sp³-hybridized carbons (Fsp3) is 0.273. The Morgan fingerprint density at radius 2 is 2.00 bits per heavy atom. The lowest BCUT2D eigenvalue weighted by molar-refractivity contribution is -0.274. The van der Waals surface area contributed by atoms with Crippen molar-refractivity contribution >= 4 is 15.8 Å². The normalized spacial score (nSPS) is 12.2. The molecule has 0 saturated heterocycles. The SMILES string of the molecule is Cc1cc(OC(F)(F)F)ccc1S(=O)(=O)Nc1cn(C)nn1. The van der Waals surface area contributed by atoms with Gasteiger partial charge in [-0.2, -0.15) is 0 Å². The molecule has 2 aromatic rings. The highest BCUT2D eigenvalue weighted by atomic mass is 32.2. The summed E-state index contributed by atoms with van der Waals surface area (Å²) in [5.74, 6) is -0.499. The first-order valence-electron chi connectivity index (χ1n) is 5.82. The number of aromatic nitrogens is 3. The van der Waals surface area contributed by atoms with E-state index in [1.54, 1.807) is 7.05 Å². The van der Waals surface area contributed by atoms with E-state index in [0.29, 0.717) is 0 Å². The third-order valence-electron chi connectivity index (χ3n) is 2.51. The van der Waals surface area contributed by atoms with Crippen molar-refractivity contribution in [1.82, 2.24) is 15.0 Å². The number of ether oxygens (including phenoxy) is 1. The molecule has 0 bridgehead atoms. The lowest BCUT2D eigenvalue weighted by atomic mass is 10.2. The minimum absolute atomic E-state index is 0.00230. The molecule has 1 aromatic carbocycles. The van der Waals surface area contributed by atoms with Crippen LogP contribution in [0.1, 0.15) is 5.56 Å². The van der Waals surface area contributed by atoms with E-state index in [2.05, 4.69) is 19.8 Å². The Balaban J connectivity index is 2.28. The Kier molecular flexibility index (Phi) is 4.00. The summed E-state index contributed by atoms with van der Waals surface area (Å²) < 4.78 is 67.9.